The molecule has 0 aromatic carbocycles. The van der Waals surface area contributed by atoms with Crippen molar-refractivity contribution < 1.29 is 13.2 Å². The van der Waals surface area contributed by atoms with Gasteiger partial charge in [-0.2, -0.15) is 13.2 Å². The molecule has 0 saturated carbocycles. The Labute approximate surface area is 112 Å². The molecule has 0 radical (unpaired) electrons. The predicted molar refractivity (Wildman–Crippen MR) is 66.2 cm³/mol. The van der Waals surface area contributed by atoms with Crippen LogP contribution in [0.1, 0.15) is 17.8 Å². The van der Waals surface area contributed by atoms with Crippen molar-refractivity contribution in [3.63, 3.8) is 0 Å². The van der Waals surface area contributed by atoms with E-state index in [9.17, 15) is 18.0 Å². The van der Waals surface area contributed by atoms with E-state index in [0.29, 0.717) is 29.3 Å². The molecule has 0 bridgehead atoms. The van der Waals surface area contributed by atoms with Crippen LogP contribution in [0.25, 0.3) is 11.5 Å². The highest BCUT2D eigenvalue weighted by atomic mass is 19.4. The molecule has 3 rings (SSSR count). The lowest BCUT2D eigenvalue weighted by Gasteiger charge is -2.23. The van der Waals surface area contributed by atoms with Crippen LogP contribution in [-0.4, -0.2) is 21.1 Å². The van der Waals surface area contributed by atoms with E-state index in [1.165, 1.54) is 6.07 Å². The molecule has 0 spiro atoms. The number of rotatable bonds is 1. The van der Waals surface area contributed by atoms with Crippen LogP contribution in [0.5, 0.6) is 0 Å². The summed E-state index contributed by atoms with van der Waals surface area (Å²) in [6.07, 6.45) is -3.90. The van der Waals surface area contributed by atoms with Crippen LogP contribution in [0, 0.1) is 5.92 Å². The maximum atomic E-state index is 12.7. The third kappa shape index (κ3) is 2.35. The SMILES string of the molecule is O=c1cccc(-c2nc3c([nH]2)CC(C(F)(F)F)CC3)[nH]1. The molecule has 2 aromatic heterocycles. The average Bonchev–Trinajstić information content (AvgIpc) is 2.80. The minimum absolute atomic E-state index is 0.0616. The number of aromatic amines is 2. The second kappa shape index (κ2) is 4.50. The number of fused-ring (bicyclic) bond motifs is 1. The van der Waals surface area contributed by atoms with Crippen molar-refractivity contribution in [2.75, 3.05) is 0 Å². The maximum absolute atomic E-state index is 12.7. The zero-order chi connectivity index (χ0) is 14.3. The number of halogens is 3. The van der Waals surface area contributed by atoms with E-state index in [2.05, 4.69) is 15.0 Å². The minimum Gasteiger partial charge on any atom is -0.340 e. The second-order valence-corrected chi connectivity index (χ2v) is 4.92. The minimum atomic E-state index is -4.18. The summed E-state index contributed by atoms with van der Waals surface area (Å²) in [5, 5.41) is 0. The third-order valence-electron chi connectivity index (χ3n) is 3.53. The smallest absolute Gasteiger partial charge is 0.340 e. The number of nitrogens with one attached hydrogen (secondary N) is 2. The van der Waals surface area contributed by atoms with Crippen LogP contribution >= 0.6 is 0 Å². The zero-order valence-electron chi connectivity index (χ0n) is 10.4. The van der Waals surface area contributed by atoms with Crippen LogP contribution in [0.15, 0.2) is 23.0 Å². The van der Waals surface area contributed by atoms with Crippen LogP contribution in [0.2, 0.25) is 0 Å². The number of imidazole rings is 1. The van der Waals surface area contributed by atoms with Gasteiger partial charge in [0.05, 0.1) is 17.3 Å². The lowest BCUT2D eigenvalue weighted by atomic mass is 9.89. The Morgan fingerprint density at radius 1 is 1.25 bits per heavy atom. The van der Waals surface area contributed by atoms with Gasteiger partial charge in [0.15, 0.2) is 5.82 Å². The summed E-state index contributed by atoms with van der Waals surface area (Å²) >= 11 is 0. The topological polar surface area (TPSA) is 61.5 Å². The van der Waals surface area contributed by atoms with Crippen LogP contribution < -0.4 is 5.56 Å². The molecule has 20 heavy (non-hydrogen) atoms. The average molecular weight is 283 g/mol. The molecule has 2 aromatic rings. The highest BCUT2D eigenvalue weighted by Crippen LogP contribution is 2.36. The molecule has 2 N–H and O–H groups in total. The van der Waals surface area contributed by atoms with Gasteiger partial charge in [-0.15, -0.1) is 0 Å². The Morgan fingerprint density at radius 2 is 2.05 bits per heavy atom. The molecule has 0 saturated heterocycles. The molecule has 1 unspecified atom stereocenters. The summed E-state index contributed by atoms with van der Waals surface area (Å²) in [5.74, 6) is -0.909. The zero-order valence-corrected chi connectivity index (χ0v) is 10.4. The molecule has 2 heterocycles. The lowest BCUT2D eigenvalue weighted by molar-refractivity contribution is -0.177. The Bertz CT molecular complexity index is 687. The van der Waals surface area contributed by atoms with Gasteiger partial charge < -0.3 is 9.97 Å². The fourth-order valence-electron chi connectivity index (χ4n) is 2.47. The number of H-pyrrole nitrogens is 2. The molecule has 1 aliphatic rings. The summed E-state index contributed by atoms with van der Waals surface area (Å²) in [5.41, 5.74) is 1.38. The molecule has 0 aliphatic heterocycles. The highest BCUT2D eigenvalue weighted by molar-refractivity contribution is 5.50. The monoisotopic (exact) mass is 283 g/mol. The van der Waals surface area contributed by atoms with E-state index in [4.69, 9.17) is 0 Å². The van der Waals surface area contributed by atoms with E-state index < -0.39 is 12.1 Å². The summed E-state index contributed by atoms with van der Waals surface area (Å²) < 4.78 is 38.2. The van der Waals surface area contributed by atoms with Crippen molar-refractivity contribution in [1.29, 1.82) is 0 Å². The van der Waals surface area contributed by atoms with Crippen molar-refractivity contribution >= 4 is 0 Å². The van der Waals surface area contributed by atoms with Gasteiger partial charge in [-0.3, -0.25) is 4.79 Å². The largest absolute Gasteiger partial charge is 0.392 e. The number of alkyl halides is 3. The molecular weight excluding hydrogens is 271 g/mol. The first kappa shape index (κ1) is 13.0. The van der Waals surface area contributed by atoms with Gasteiger partial charge in [-0.25, -0.2) is 4.98 Å². The van der Waals surface area contributed by atoms with E-state index in [1.807, 2.05) is 0 Å². The number of hydrogen-bond donors (Lipinski definition) is 2. The van der Waals surface area contributed by atoms with E-state index >= 15 is 0 Å². The summed E-state index contributed by atoms with van der Waals surface area (Å²) in [6, 6.07) is 4.60. The van der Waals surface area contributed by atoms with E-state index in [0.717, 1.165) is 0 Å². The van der Waals surface area contributed by atoms with Crippen LogP contribution in [-0.2, 0) is 12.8 Å². The summed E-state index contributed by atoms with van der Waals surface area (Å²) in [7, 11) is 0. The Morgan fingerprint density at radius 3 is 2.75 bits per heavy atom. The second-order valence-electron chi connectivity index (χ2n) is 4.92. The van der Waals surface area contributed by atoms with E-state index in [1.54, 1.807) is 12.1 Å². The van der Waals surface area contributed by atoms with Gasteiger partial charge in [-0.05, 0) is 18.9 Å². The number of pyridine rings is 1. The van der Waals surface area contributed by atoms with E-state index in [-0.39, 0.29) is 18.4 Å². The Balaban J connectivity index is 1.93. The van der Waals surface area contributed by atoms with Crippen LogP contribution in [0.3, 0.4) is 0 Å². The molecular formula is C13H12F3N3O. The van der Waals surface area contributed by atoms with Crippen molar-refractivity contribution in [2.45, 2.75) is 25.4 Å². The van der Waals surface area contributed by atoms with Gasteiger partial charge in [0.25, 0.3) is 0 Å². The number of nitrogens with zero attached hydrogens (tertiary/aromatic N) is 1. The first-order chi connectivity index (χ1) is 9.43. The molecule has 7 heteroatoms. The first-order valence-electron chi connectivity index (χ1n) is 6.27. The number of aromatic nitrogens is 3. The summed E-state index contributed by atoms with van der Waals surface area (Å²) in [6.45, 7) is 0. The van der Waals surface area contributed by atoms with Crippen molar-refractivity contribution in [2.24, 2.45) is 5.92 Å². The van der Waals surface area contributed by atoms with Crippen molar-refractivity contribution in [3.8, 4) is 11.5 Å². The molecule has 4 nitrogen and oxygen atoms in total. The number of hydrogen-bond acceptors (Lipinski definition) is 2. The van der Waals surface area contributed by atoms with Crippen molar-refractivity contribution in [1.82, 2.24) is 15.0 Å². The Hall–Kier alpha value is -2.05. The highest BCUT2D eigenvalue weighted by Gasteiger charge is 2.42. The summed E-state index contributed by atoms with van der Waals surface area (Å²) in [4.78, 5) is 21.0. The lowest BCUT2D eigenvalue weighted by Crippen LogP contribution is -2.28. The number of aryl methyl sites for hydroxylation is 1. The van der Waals surface area contributed by atoms with Crippen molar-refractivity contribution in [3.05, 3.63) is 39.9 Å². The molecule has 1 atom stereocenters. The van der Waals surface area contributed by atoms with Gasteiger partial charge in [-0.1, -0.05) is 6.07 Å². The predicted octanol–water partition coefficient (Wildman–Crippen LogP) is 2.43. The van der Waals surface area contributed by atoms with Gasteiger partial charge in [0.1, 0.15) is 0 Å². The third-order valence-corrected chi connectivity index (χ3v) is 3.53. The van der Waals surface area contributed by atoms with Crippen LogP contribution in [0.4, 0.5) is 13.2 Å². The quantitative estimate of drug-likeness (QED) is 0.844. The molecule has 106 valence electrons. The standard InChI is InChI=1S/C13H12F3N3O/c14-13(15,16)7-4-5-8-10(6-7)19-12(18-8)9-2-1-3-11(20)17-9/h1-3,7H,4-6H2,(H,17,20)(H,18,19). The van der Waals surface area contributed by atoms with Gasteiger partial charge >= 0.3 is 6.18 Å². The fourth-order valence-corrected chi connectivity index (χ4v) is 2.47. The molecule has 0 fully saturated rings. The normalized spacial score (nSPS) is 18.9. The Kier molecular flexibility index (Phi) is 2.92. The molecule has 1 aliphatic carbocycles. The maximum Gasteiger partial charge on any atom is 0.392 e. The van der Waals surface area contributed by atoms with Gasteiger partial charge in [0, 0.05) is 18.2 Å². The molecule has 0 amide bonds. The first-order valence-corrected chi connectivity index (χ1v) is 6.27. The fraction of sp³-hybridized carbons (Fsp3) is 0.385. The van der Waals surface area contributed by atoms with Gasteiger partial charge in [0.2, 0.25) is 5.56 Å².